The molecule has 0 aliphatic carbocycles. The highest BCUT2D eigenvalue weighted by molar-refractivity contribution is 6.08. The van der Waals surface area contributed by atoms with Crippen LogP contribution < -0.4 is 10.2 Å². The Bertz CT molecular complexity index is 1030. The maximum Gasteiger partial charge on any atom is 0.258 e. The molecule has 0 aromatic heterocycles. The van der Waals surface area contributed by atoms with Crippen molar-refractivity contribution < 1.29 is 14.7 Å². The fourth-order valence-electron chi connectivity index (χ4n) is 2.96. The average molecular weight is 374 g/mol. The van der Waals surface area contributed by atoms with Crippen molar-refractivity contribution in [2.24, 2.45) is 0 Å². The number of nitrogens with zero attached hydrogens (tertiary/aromatic N) is 1. The molecule has 0 aliphatic heterocycles. The van der Waals surface area contributed by atoms with Gasteiger partial charge in [0, 0.05) is 23.9 Å². The third kappa shape index (κ3) is 4.04. The van der Waals surface area contributed by atoms with Crippen molar-refractivity contribution in [1.82, 2.24) is 0 Å². The van der Waals surface area contributed by atoms with Gasteiger partial charge in [-0.25, -0.2) is 0 Å². The quantitative estimate of drug-likeness (QED) is 0.704. The number of benzene rings is 3. The van der Waals surface area contributed by atoms with E-state index in [9.17, 15) is 14.7 Å². The molecule has 0 unspecified atom stereocenters. The van der Waals surface area contributed by atoms with E-state index in [1.807, 2.05) is 32.0 Å². The van der Waals surface area contributed by atoms with E-state index in [1.165, 1.54) is 11.0 Å². The predicted octanol–water partition coefficient (Wildman–Crippen LogP) is 4.54. The van der Waals surface area contributed by atoms with Crippen LogP contribution in [0.2, 0.25) is 0 Å². The van der Waals surface area contributed by atoms with Gasteiger partial charge in [-0.3, -0.25) is 9.59 Å². The highest BCUT2D eigenvalue weighted by atomic mass is 16.3. The van der Waals surface area contributed by atoms with Crippen LogP contribution in [0.5, 0.6) is 5.75 Å². The van der Waals surface area contributed by atoms with Crippen LogP contribution in [0, 0.1) is 13.8 Å². The molecule has 3 rings (SSSR count). The number of aromatic hydroxyl groups is 1. The van der Waals surface area contributed by atoms with E-state index in [-0.39, 0.29) is 17.6 Å². The number of hydrogen-bond acceptors (Lipinski definition) is 3. The van der Waals surface area contributed by atoms with Crippen LogP contribution >= 0.6 is 0 Å². The molecule has 0 aliphatic rings. The summed E-state index contributed by atoms with van der Waals surface area (Å²) < 4.78 is 0. The molecule has 2 N–H and O–H groups in total. The number of carbonyl (C=O) groups excluding carboxylic acids is 2. The van der Waals surface area contributed by atoms with Gasteiger partial charge in [-0.05, 0) is 61.9 Å². The van der Waals surface area contributed by atoms with Crippen LogP contribution in [0.4, 0.5) is 11.4 Å². The Balaban J connectivity index is 1.74. The number of carbonyl (C=O) groups is 2. The number of nitrogens with one attached hydrogen (secondary N) is 1. The Kier molecular flexibility index (Phi) is 5.45. The second-order valence-corrected chi connectivity index (χ2v) is 6.70. The minimum atomic E-state index is -0.275. The van der Waals surface area contributed by atoms with Gasteiger partial charge in [0.25, 0.3) is 11.8 Å². The monoisotopic (exact) mass is 374 g/mol. The van der Waals surface area contributed by atoms with Crippen molar-refractivity contribution in [3.05, 3.63) is 89.0 Å². The third-order valence-corrected chi connectivity index (χ3v) is 4.57. The summed E-state index contributed by atoms with van der Waals surface area (Å²) in [5.41, 5.74) is 4.19. The smallest absolute Gasteiger partial charge is 0.258 e. The van der Waals surface area contributed by atoms with Crippen LogP contribution in [-0.4, -0.2) is 24.0 Å². The summed E-state index contributed by atoms with van der Waals surface area (Å²) in [4.78, 5) is 26.5. The summed E-state index contributed by atoms with van der Waals surface area (Å²) in [5.74, 6) is -0.481. The fraction of sp³-hybridized carbons (Fsp3) is 0.130. The van der Waals surface area contributed by atoms with Crippen molar-refractivity contribution in [2.45, 2.75) is 13.8 Å². The first kappa shape index (κ1) is 19.2. The summed E-state index contributed by atoms with van der Waals surface area (Å²) in [7, 11) is 1.60. The summed E-state index contributed by atoms with van der Waals surface area (Å²) in [6, 6.07) is 18.9. The lowest BCUT2D eigenvalue weighted by Crippen LogP contribution is -2.26. The number of amides is 2. The molecule has 28 heavy (non-hydrogen) atoms. The van der Waals surface area contributed by atoms with Gasteiger partial charge < -0.3 is 15.3 Å². The molecule has 0 saturated heterocycles. The molecule has 0 saturated carbocycles. The highest BCUT2D eigenvalue weighted by Crippen LogP contribution is 2.26. The summed E-state index contributed by atoms with van der Waals surface area (Å²) in [5, 5.41) is 12.8. The highest BCUT2D eigenvalue weighted by Gasteiger charge is 2.17. The molecule has 5 heteroatoms. The number of phenols is 1. The van der Waals surface area contributed by atoms with Gasteiger partial charge in [-0.2, -0.15) is 0 Å². The number of anilines is 2. The fourth-order valence-corrected chi connectivity index (χ4v) is 2.96. The number of aryl methyl sites for hydroxylation is 2. The SMILES string of the molecule is Cc1ccc(NC(=O)c2ccc(C(=O)N(C)c3ccccc3O)cc2)c(C)c1. The zero-order valence-corrected chi connectivity index (χ0v) is 16.1. The molecule has 0 bridgehead atoms. The van der Waals surface area contributed by atoms with Gasteiger partial charge in [0.15, 0.2) is 0 Å². The Morgan fingerprint density at radius 1 is 0.893 bits per heavy atom. The number of rotatable bonds is 4. The summed E-state index contributed by atoms with van der Waals surface area (Å²) in [6.45, 7) is 3.94. The molecule has 0 spiro atoms. The maximum atomic E-state index is 12.7. The lowest BCUT2D eigenvalue weighted by atomic mass is 10.1. The van der Waals surface area contributed by atoms with Crippen LogP contribution in [0.25, 0.3) is 0 Å². The summed E-state index contributed by atoms with van der Waals surface area (Å²) in [6.07, 6.45) is 0. The van der Waals surface area contributed by atoms with Gasteiger partial charge in [-0.15, -0.1) is 0 Å². The molecular formula is C23H22N2O3. The number of phenolic OH excluding ortho intramolecular Hbond substituents is 1. The van der Waals surface area contributed by atoms with Gasteiger partial charge in [0.2, 0.25) is 0 Å². The zero-order chi connectivity index (χ0) is 20.3. The molecule has 142 valence electrons. The van der Waals surface area contributed by atoms with E-state index in [4.69, 9.17) is 0 Å². The molecule has 2 amide bonds. The number of para-hydroxylation sites is 2. The van der Waals surface area contributed by atoms with Crippen LogP contribution in [-0.2, 0) is 0 Å². The van der Waals surface area contributed by atoms with E-state index in [1.54, 1.807) is 49.5 Å². The van der Waals surface area contributed by atoms with Crippen LogP contribution in [0.3, 0.4) is 0 Å². The van der Waals surface area contributed by atoms with E-state index >= 15 is 0 Å². The van der Waals surface area contributed by atoms with Gasteiger partial charge in [-0.1, -0.05) is 29.8 Å². The van der Waals surface area contributed by atoms with Crippen LogP contribution in [0.15, 0.2) is 66.7 Å². The van der Waals surface area contributed by atoms with Crippen molar-refractivity contribution in [1.29, 1.82) is 0 Å². The lowest BCUT2D eigenvalue weighted by Gasteiger charge is -2.18. The first-order valence-electron chi connectivity index (χ1n) is 8.91. The van der Waals surface area contributed by atoms with Crippen LogP contribution in [0.1, 0.15) is 31.8 Å². The minimum Gasteiger partial charge on any atom is -0.506 e. The Hall–Kier alpha value is -3.60. The molecule has 5 nitrogen and oxygen atoms in total. The second-order valence-electron chi connectivity index (χ2n) is 6.70. The Labute approximate surface area is 164 Å². The first-order chi connectivity index (χ1) is 13.4. The maximum absolute atomic E-state index is 12.7. The largest absolute Gasteiger partial charge is 0.506 e. The van der Waals surface area contributed by atoms with E-state index in [2.05, 4.69) is 5.32 Å². The first-order valence-corrected chi connectivity index (χ1v) is 8.91. The molecule has 0 radical (unpaired) electrons. The second kappa shape index (κ2) is 7.96. The zero-order valence-electron chi connectivity index (χ0n) is 16.1. The normalized spacial score (nSPS) is 10.4. The molecule has 0 fully saturated rings. The van der Waals surface area contributed by atoms with E-state index in [0.29, 0.717) is 16.8 Å². The molecule has 0 heterocycles. The van der Waals surface area contributed by atoms with Gasteiger partial charge in [0.1, 0.15) is 5.75 Å². The van der Waals surface area contributed by atoms with Gasteiger partial charge >= 0.3 is 0 Å². The van der Waals surface area contributed by atoms with Crippen molar-refractivity contribution >= 4 is 23.2 Å². The minimum absolute atomic E-state index is 0.0304. The van der Waals surface area contributed by atoms with Crippen molar-refractivity contribution in [3.8, 4) is 5.75 Å². The Morgan fingerprint density at radius 3 is 2.18 bits per heavy atom. The molecule has 0 atom stereocenters. The standard InChI is InChI=1S/C23H22N2O3/c1-15-8-13-19(16(2)14-15)24-22(27)17-9-11-18(12-10-17)23(28)25(3)20-6-4-5-7-21(20)26/h4-14,26H,1-3H3,(H,24,27). The topological polar surface area (TPSA) is 69.6 Å². The third-order valence-electron chi connectivity index (χ3n) is 4.57. The molecular weight excluding hydrogens is 352 g/mol. The van der Waals surface area contributed by atoms with Crippen molar-refractivity contribution in [2.75, 3.05) is 17.3 Å². The molecule has 3 aromatic rings. The lowest BCUT2D eigenvalue weighted by molar-refractivity contribution is 0.0988. The molecule has 3 aromatic carbocycles. The predicted molar refractivity (Wildman–Crippen MR) is 111 cm³/mol. The number of hydrogen-bond donors (Lipinski definition) is 2. The van der Waals surface area contributed by atoms with E-state index < -0.39 is 0 Å². The van der Waals surface area contributed by atoms with Gasteiger partial charge in [0.05, 0.1) is 5.69 Å². The average Bonchev–Trinajstić information content (AvgIpc) is 2.69. The Morgan fingerprint density at radius 2 is 1.54 bits per heavy atom. The van der Waals surface area contributed by atoms with E-state index in [0.717, 1.165) is 16.8 Å². The van der Waals surface area contributed by atoms with Crippen molar-refractivity contribution in [3.63, 3.8) is 0 Å². The summed E-state index contributed by atoms with van der Waals surface area (Å²) >= 11 is 0.